The summed E-state index contributed by atoms with van der Waals surface area (Å²) in [6.07, 6.45) is 2.72. The predicted octanol–water partition coefficient (Wildman–Crippen LogP) is 2.66. The molecule has 2 nitrogen and oxygen atoms in total. The molecule has 1 heterocycles. The molecule has 0 aromatic carbocycles. The summed E-state index contributed by atoms with van der Waals surface area (Å²) < 4.78 is 0. The largest absolute Gasteiger partial charge is 0.311 e. The third-order valence-corrected chi connectivity index (χ3v) is 3.37. The van der Waals surface area contributed by atoms with Crippen molar-refractivity contribution in [3.8, 4) is 0 Å². The fourth-order valence-corrected chi connectivity index (χ4v) is 2.49. The molecule has 1 fully saturated rings. The van der Waals surface area contributed by atoms with Crippen LogP contribution < -0.4 is 5.32 Å². The number of hydrogen-bond acceptors (Lipinski definition) is 2. The summed E-state index contributed by atoms with van der Waals surface area (Å²) in [4.78, 5) is 2.61. The van der Waals surface area contributed by atoms with Crippen LogP contribution in [0.1, 0.15) is 40.5 Å². The second kappa shape index (κ2) is 6.41. The highest BCUT2D eigenvalue weighted by Crippen LogP contribution is 2.24. The van der Waals surface area contributed by atoms with Crippen molar-refractivity contribution < 1.29 is 0 Å². The summed E-state index contributed by atoms with van der Waals surface area (Å²) in [6.45, 7) is 16.5. The average Bonchev–Trinajstić information content (AvgIpc) is 2.62. The molecule has 94 valence electrons. The molecule has 0 aromatic rings. The van der Waals surface area contributed by atoms with Crippen molar-refractivity contribution in [1.82, 2.24) is 10.2 Å². The molecular weight excluding hydrogens is 196 g/mol. The smallest absolute Gasteiger partial charge is 0.0205 e. The predicted molar refractivity (Wildman–Crippen MR) is 71.7 cm³/mol. The molecule has 0 aromatic heterocycles. The second-order valence-corrected chi connectivity index (χ2v) is 5.71. The van der Waals surface area contributed by atoms with Gasteiger partial charge in [0.15, 0.2) is 0 Å². The first-order valence-corrected chi connectivity index (χ1v) is 6.64. The topological polar surface area (TPSA) is 15.3 Å². The molecule has 1 rings (SSSR count). The van der Waals surface area contributed by atoms with Gasteiger partial charge in [-0.05, 0) is 30.9 Å². The van der Waals surface area contributed by atoms with Gasteiger partial charge in [0.1, 0.15) is 0 Å². The zero-order chi connectivity index (χ0) is 12.1. The van der Waals surface area contributed by atoms with Crippen LogP contribution in [0.2, 0.25) is 0 Å². The van der Waals surface area contributed by atoms with E-state index in [4.69, 9.17) is 0 Å². The van der Waals surface area contributed by atoms with Gasteiger partial charge in [-0.1, -0.05) is 34.3 Å². The van der Waals surface area contributed by atoms with E-state index in [0.29, 0.717) is 6.04 Å². The van der Waals surface area contributed by atoms with E-state index in [9.17, 15) is 0 Å². The van der Waals surface area contributed by atoms with Crippen LogP contribution >= 0.6 is 0 Å². The van der Waals surface area contributed by atoms with E-state index in [1.54, 1.807) is 0 Å². The zero-order valence-electron chi connectivity index (χ0n) is 11.4. The van der Waals surface area contributed by atoms with Gasteiger partial charge in [0.2, 0.25) is 0 Å². The summed E-state index contributed by atoms with van der Waals surface area (Å²) in [5.41, 5.74) is 1.32. The van der Waals surface area contributed by atoms with Crippen LogP contribution in [-0.2, 0) is 0 Å². The third kappa shape index (κ3) is 4.26. The maximum absolute atomic E-state index is 4.18. The van der Waals surface area contributed by atoms with E-state index in [-0.39, 0.29) is 0 Å². The number of rotatable bonds is 6. The Kier molecular flexibility index (Phi) is 5.50. The Labute approximate surface area is 101 Å². The Morgan fingerprint density at radius 1 is 1.38 bits per heavy atom. The van der Waals surface area contributed by atoms with Crippen LogP contribution in [0.25, 0.3) is 0 Å². The first-order valence-electron chi connectivity index (χ1n) is 6.64. The quantitative estimate of drug-likeness (QED) is 0.698. The maximum atomic E-state index is 4.18. The number of nitrogens with zero attached hydrogens (tertiary/aromatic N) is 1. The fourth-order valence-electron chi connectivity index (χ4n) is 2.49. The lowest BCUT2D eigenvalue weighted by Gasteiger charge is -2.28. The summed E-state index contributed by atoms with van der Waals surface area (Å²) in [6, 6.07) is 1.33. The highest BCUT2D eigenvalue weighted by molar-refractivity contribution is 5.02. The summed E-state index contributed by atoms with van der Waals surface area (Å²) >= 11 is 0. The van der Waals surface area contributed by atoms with Gasteiger partial charge in [0.05, 0.1) is 0 Å². The minimum Gasteiger partial charge on any atom is -0.311 e. The summed E-state index contributed by atoms with van der Waals surface area (Å²) in [5.74, 6) is 0.772. The highest BCUT2D eigenvalue weighted by Gasteiger charge is 2.26. The van der Waals surface area contributed by atoms with Crippen LogP contribution in [0, 0.1) is 5.92 Å². The van der Waals surface area contributed by atoms with Crippen LogP contribution in [-0.4, -0.2) is 36.6 Å². The molecule has 0 radical (unpaired) electrons. The van der Waals surface area contributed by atoms with Crippen molar-refractivity contribution in [2.75, 3.05) is 19.6 Å². The van der Waals surface area contributed by atoms with Crippen LogP contribution in [0.15, 0.2) is 12.2 Å². The van der Waals surface area contributed by atoms with Crippen molar-refractivity contribution in [2.45, 2.75) is 52.6 Å². The Morgan fingerprint density at radius 3 is 2.62 bits per heavy atom. The van der Waals surface area contributed by atoms with Crippen LogP contribution in [0.5, 0.6) is 0 Å². The Balaban J connectivity index is 2.32. The molecule has 1 saturated heterocycles. The van der Waals surface area contributed by atoms with Gasteiger partial charge in [-0.25, -0.2) is 0 Å². The number of hydrogen-bond donors (Lipinski definition) is 1. The SMILES string of the molecule is C=C(CNC(C)C)CN1CCCC1C(C)C. The van der Waals surface area contributed by atoms with Crippen molar-refractivity contribution in [2.24, 2.45) is 5.92 Å². The van der Waals surface area contributed by atoms with Crippen molar-refractivity contribution >= 4 is 0 Å². The van der Waals surface area contributed by atoms with Gasteiger partial charge in [0, 0.05) is 25.2 Å². The first-order chi connectivity index (χ1) is 7.50. The first kappa shape index (κ1) is 13.7. The molecule has 1 atom stereocenters. The Bertz CT molecular complexity index is 221. The molecule has 1 aliphatic rings. The third-order valence-electron chi connectivity index (χ3n) is 3.37. The average molecular weight is 224 g/mol. The van der Waals surface area contributed by atoms with Gasteiger partial charge in [0.25, 0.3) is 0 Å². The lowest BCUT2D eigenvalue weighted by atomic mass is 10.0. The molecule has 0 aliphatic carbocycles. The van der Waals surface area contributed by atoms with Crippen LogP contribution in [0.4, 0.5) is 0 Å². The van der Waals surface area contributed by atoms with E-state index in [2.05, 4.69) is 44.5 Å². The van der Waals surface area contributed by atoms with Gasteiger partial charge in [-0.15, -0.1) is 0 Å². The second-order valence-electron chi connectivity index (χ2n) is 5.71. The fraction of sp³-hybridized carbons (Fsp3) is 0.857. The van der Waals surface area contributed by atoms with E-state index in [1.165, 1.54) is 25.0 Å². The molecule has 0 spiro atoms. The zero-order valence-corrected chi connectivity index (χ0v) is 11.4. The standard InChI is InChI=1S/C14H28N2/c1-11(2)14-7-6-8-16(14)10-13(5)9-15-12(3)4/h11-12,14-15H,5-10H2,1-4H3. The lowest BCUT2D eigenvalue weighted by Crippen LogP contribution is -2.37. The van der Waals surface area contributed by atoms with Crippen molar-refractivity contribution in [3.05, 3.63) is 12.2 Å². The minimum atomic E-state index is 0.552. The molecule has 1 unspecified atom stereocenters. The van der Waals surface area contributed by atoms with Gasteiger partial charge in [-0.3, -0.25) is 4.90 Å². The molecule has 1 aliphatic heterocycles. The molecular formula is C14H28N2. The highest BCUT2D eigenvalue weighted by atomic mass is 15.2. The minimum absolute atomic E-state index is 0.552. The van der Waals surface area contributed by atoms with Gasteiger partial charge < -0.3 is 5.32 Å². The van der Waals surface area contributed by atoms with Gasteiger partial charge >= 0.3 is 0 Å². The van der Waals surface area contributed by atoms with Gasteiger partial charge in [-0.2, -0.15) is 0 Å². The molecule has 2 heteroatoms. The van der Waals surface area contributed by atoms with Crippen LogP contribution in [0.3, 0.4) is 0 Å². The molecule has 1 N–H and O–H groups in total. The number of likely N-dealkylation sites (tertiary alicyclic amines) is 1. The molecule has 16 heavy (non-hydrogen) atoms. The van der Waals surface area contributed by atoms with E-state index < -0.39 is 0 Å². The molecule has 0 bridgehead atoms. The maximum Gasteiger partial charge on any atom is 0.0205 e. The van der Waals surface area contributed by atoms with E-state index in [1.807, 2.05) is 0 Å². The lowest BCUT2D eigenvalue weighted by molar-refractivity contribution is 0.221. The molecule has 0 saturated carbocycles. The normalized spacial score (nSPS) is 22.2. The monoisotopic (exact) mass is 224 g/mol. The van der Waals surface area contributed by atoms with E-state index in [0.717, 1.165) is 25.0 Å². The Hall–Kier alpha value is -0.340. The summed E-state index contributed by atoms with van der Waals surface area (Å²) in [5, 5.41) is 3.44. The molecule has 0 amide bonds. The summed E-state index contributed by atoms with van der Waals surface area (Å²) in [7, 11) is 0. The van der Waals surface area contributed by atoms with E-state index >= 15 is 0 Å². The number of nitrogens with one attached hydrogen (secondary N) is 1. The van der Waals surface area contributed by atoms with Crippen molar-refractivity contribution in [3.63, 3.8) is 0 Å². The Morgan fingerprint density at radius 2 is 2.06 bits per heavy atom. The van der Waals surface area contributed by atoms with Crippen molar-refractivity contribution in [1.29, 1.82) is 0 Å².